The summed E-state index contributed by atoms with van der Waals surface area (Å²) in [6.07, 6.45) is 0. The van der Waals surface area contributed by atoms with E-state index in [1.165, 1.54) is 0 Å². The van der Waals surface area contributed by atoms with E-state index in [0.717, 1.165) is 11.3 Å². The number of rotatable bonds is 5. The normalized spacial score (nSPS) is 14.1. The first-order chi connectivity index (χ1) is 8.10. The van der Waals surface area contributed by atoms with Crippen molar-refractivity contribution in [1.82, 2.24) is 0 Å². The third-order valence-electron chi connectivity index (χ3n) is 2.83. The van der Waals surface area contributed by atoms with Crippen LogP contribution in [0.15, 0.2) is 24.3 Å². The Morgan fingerprint density at radius 2 is 1.88 bits per heavy atom. The zero-order chi connectivity index (χ0) is 12.8. The van der Waals surface area contributed by atoms with Crippen LogP contribution in [-0.2, 0) is 0 Å². The van der Waals surface area contributed by atoms with Gasteiger partial charge in [0.1, 0.15) is 5.75 Å². The summed E-state index contributed by atoms with van der Waals surface area (Å²) in [5.74, 6) is 0.927. The molecular formula is C14H20N2O. The van der Waals surface area contributed by atoms with Crippen LogP contribution in [0, 0.1) is 23.2 Å². The van der Waals surface area contributed by atoms with Crippen molar-refractivity contribution in [2.75, 3.05) is 6.61 Å². The van der Waals surface area contributed by atoms with Crippen molar-refractivity contribution in [3.63, 3.8) is 0 Å². The third kappa shape index (κ3) is 3.47. The summed E-state index contributed by atoms with van der Waals surface area (Å²) in [7, 11) is 0. The Kier molecular flexibility index (Phi) is 4.99. The van der Waals surface area contributed by atoms with Crippen LogP contribution in [0.25, 0.3) is 0 Å². The van der Waals surface area contributed by atoms with Crippen molar-refractivity contribution >= 4 is 0 Å². The van der Waals surface area contributed by atoms with E-state index in [1.54, 1.807) is 0 Å². The lowest BCUT2D eigenvalue weighted by molar-refractivity contribution is 0.339. The maximum atomic E-state index is 9.11. The summed E-state index contributed by atoms with van der Waals surface area (Å²) in [5.41, 5.74) is 7.09. The van der Waals surface area contributed by atoms with Gasteiger partial charge in [0.2, 0.25) is 0 Å². The monoisotopic (exact) mass is 232 g/mol. The molecule has 92 valence electrons. The maximum Gasteiger partial charge on any atom is 0.119 e. The summed E-state index contributed by atoms with van der Waals surface area (Å²) >= 11 is 0. The first-order valence-electron chi connectivity index (χ1n) is 5.98. The zero-order valence-electron chi connectivity index (χ0n) is 10.7. The molecule has 0 saturated heterocycles. The number of nitrogens with zero attached hydrogens (tertiary/aromatic N) is 1. The molecule has 17 heavy (non-hydrogen) atoms. The molecule has 0 heterocycles. The smallest absolute Gasteiger partial charge is 0.119 e. The lowest BCUT2D eigenvalue weighted by Gasteiger charge is -2.21. The predicted octanol–water partition coefficient (Wildman–Crippen LogP) is 2.88. The molecule has 1 rings (SSSR count). The van der Waals surface area contributed by atoms with Crippen molar-refractivity contribution in [3.8, 4) is 11.8 Å². The maximum absolute atomic E-state index is 9.11. The summed E-state index contributed by atoms with van der Waals surface area (Å²) in [6.45, 7) is 6.63. The van der Waals surface area contributed by atoms with Gasteiger partial charge < -0.3 is 10.5 Å². The lowest BCUT2D eigenvalue weighted by Crippen LogP contribution is -2.24. The number of benzene rings is 1. The van der Waals surface area contributed by atoms with Crippen LogP contribution >= 0.6 is 0 Å². The Bertz CT molecular complexity index is 378. The van der Waals surface area contributed by atoms with Gasteiger partial charge in [-0.2, -0.15) is 5.26 Å². The minimum absolute atomic E-state index is 0.159. The summed E-state index contributed by atoms with van der Waals surface area (Å²) in [4.78, 5) is 0. The highest BCUT2D eigenvalue weighted by Crippen LogP contribution is 2.26. The van der Waals surface area contributed by atoms with Crippen molar-refractivity contribution in [1.29, 1.82) is 5.26 Å². The van der Waals surface area contributed by atoms with Crippen LogP contribution in [0.3, 0.4) is 0 Å². The fraction of sp³-hybridized carbons (Fsp3) is 0.500. The van der Waals surface area contributed by atoms with Gasteiger partial charge in [-0.05, 0) is 30.5 Å². The van der Waals surface area contributed by atoms with Crippen LogP contribution in [0.2, 0.25) is 0 Å². The highest BCUT2D eigenvalue weighted by molar-refractivity contribution is 5.30. The van der Waals surface area contributed by atoms with E-state index in [9.17, 15) is 0 Å². The molecular weight excluding hydrogens is 212 g/mol. The molecule has 3 nitrogen and oxygen atoms in total. The Hall–Kier alpha value is -1.53. The standard InChI is InChI=1S/C14H20N2O/c1-4-17-12-7-5-11(6-8-12)14(16)13(9-15)10(2)3/h5-8,10,13-14H,4,16H2,1-3H3. The van der Waals surface area contributed by atoms with E-state index >= 15 is 0 Å². The Labute approximate surface area is 103 Å². The molecule has 0 aliphatic rings. The highest BCUT2D eigenvalue weighted by atomic mass is 16.5. The zero-order valence-corrected chi connectivity index (χ0v) is 10.7. The third-order valence-corrected chi connectivity index (χ3v) is 2.83. The van der Waals surface area contributed by atoms with Crippen LogP contribution in [0.1, 0.15) is 32.4 Å². The van der Waals surface area contributed by atoms with Gasteiger partial charge in [-0.3, -0.25) is 0 Å². The molecule has 2 unspecified atom stereocenters. The molecule has 0 aromatic heterocycles. The Morgan fingerprint density at radius 3 is 2.29 bits per heavy atom. The molecule has 2 N–H and O–H groups in total. The van der Waals surface area contributed by atoms with Crippen molar-refractivity contribution in [2.45, 2.75) is 26.8 Å². The molecule has 1 aromatic carbocycles. The van der Waals surface area contributed by atoms with Gasteiger partial charge in [-0.1, -0.05) is 26.0 Å². The molecule has 0 bridgehead atoms. The fourth-order valence-corrected chi connectivity index (χ4v) is 1.80. The van der Waals surface area contributed by atoms with Gasteiger partial charge in [-0.25, -0.2) is 0 Å². The second kappa shape index (κ2) is 6.27. The number of hydrogen-bond donors (Lipinski definition) is 1. The van der Waals surface area contributed by atoms with Crippen molar-refractivity contribution in [2.24, 2.45) is 17.6 Å². The number of hydrogen-bond acceptors (Lipinski definition) is 3. The summed E-state index contributed by atoms with van der Waals surface area (Å²) < 4.78 is 5.37. The van der Waals surface area contributed by atoms with Gasteiger partial charge in [0, 0.05) is 6.04 Å². The number of ether oxygens (including phenoxy) is 1. The van der Waals surface area contributed by atoms with Gasteiger partial charge in [-0.15, -0.1) is 0 Å². The van der Waals surface area contributed by atoms with Crippen molar-refractivity contribution < 1.29 is 4.74 Å². The second-order valence-electron chi connectivity index (χ2n) is 4.43. The molecule has 0 aliphatic carbocycles. The van der Waals surface area contributed by atoms with Crippen LogP contribution in [-0.4, -0.2) is 6.61 Å². The van der Waals surface area contributed by atoms with Crippen LogP contribution in [0.5, 0.6) is 5.75 Å². The molecule has 0 aliphatic heterocycles. The average Bonchev–Trinajstić information content (AvgIpc) is 2.30. The molecule has 2 atom stereocenters. The van der Waals surface area contributed by atoms with E-state index in [1.807, 2.05) is 45.0 Å². The molecule has 0 fully saturated rings. The minimum atomic E-state index is -0.240. The van der Waals surface area contributed by atoms with E-state index in [2.05, 4.69) is 6.07 Å². The quantitative estimate of drug-likeness (QED) is 0.849. The average molecular weight is 232 g/mol. The van der Waals surface area contributed by atoms with E-state index in [4.69, 9.17) is 15.7 Å². The van der Waals surface area contributed by atoms with E-state index in [-0.39, 0.29) is 17.9 Å². The van der Waals surface area contributed by atoms with Gasteiger partial charge in [0.25, 0.3) is 0 Å². The van der Waals surface area contributed by atoms with Gasteiger partial charge in [0.15, 0.2) is 0 Å². The molecule has 0 saturated carbocycles. The highest BCUT2D eigenvalue weighted by Gasteiger charge is 2.22. The summed E-state index contributed by atoms with van der Waals surface area (Å²) in [6, 6.07) is 9.70. The van der Waals surface area contributed by atoms with E-state index in [0.29, 0.717) is 6.61 Å². The summed E-state index contributed by atoms with van der Waals surface area (Å²) in [5, 5.41) is 9.11. The molecule has 3 heteroatoms. The number of nitrogens with two attached hydrogens (primary N) is 1. The SMILES string of the molecule is CCOc1ccc(C(N)C(C#N)C(C)C)cc1. The van der Waals surface area contributed by atoms with Crippen LogP contribution in [0.4, 0.5) is 0 Å². The molecule has 0 spiro atoms. The first-order valence-corrected chi connectivity index (χ1v) is 5.98. The molecule has 0 amide bonds. The van der Waals surface area contributed by atoms with Gasteiger partial charge in [0.05, 0.1) is 18.6 Å². The van der Waals surface area contributed by atoms with Crippen molar-refractivity contribution in [3.05, 3.63) is 29.8 Å². The lowest BCUT2D eigenvalue weighted by atomic mass is 9.86. The second-order valence-corrected chi connectivity index (χ2v) is 4.43. The minimum Gasteiger partial charge on any atom is -0.494 e. The predicted molar refractivity (Wildman–Crippen MR) is 68.5 cm³/mol. The molecule has 1 aromatic rings. The number of nitriles is 1. The first kappa shape index (κ1) is 13.5. The largest absolute Gasteiger partial charge is 0.494 e. The Balaban J connectivity index is 2.82. The Morgan fingerprint density at radius 1 is 1.29 bits per heavy atom. The van der Waals surface area contributed by atoms with Crippen LogP contribution < -0.4 is 10.5 Å². The fourth-order valence-electron chi connectivity index (χ4n) is 1.80. The van der Waals surface area contributed by atoms with E-state index < -0.39 is 0 Å². The molecule has 0 radical (unpaired) electrons. The van der Waals surface area contributed by atoms with Gasteiger partial charge >= 0.3 is 0 Å². The topological polar surface area (TPSA) is 59.0 Å².